The van der Waals surface area contributed by atoms with E-state index in [4.69, 9.17) is 0 Å². The zero-order chi connectivity index (χ0) is 14.3. The number of aryl methyl sites for hydroxylation is 1. The molecule has 4 rings (SSSR count). The standard InChI is InChI=1S/C17H21NOS/c1-12-4-8-15(9-5-12)20(19)18-11-13-6-7-14-10-16(13)17(14,2)3/h4-6,8-9,11,14,16H,7,10H2,1-3H3/b18-11+/t14-,16-,20-/m0/s1. The summed E-state index contributed by atoms with van der Waals surface area (Å²) in [6, 6.07) is 7.73. The molecular formula is C17H21NOS. The van der Waals surface area contributed by atoms with Crippen LogP contribution in [0.2, 0.25) is 0 Å². The molecule has 0 aromatic heterocycles. The molecule has 0 saturated heterocycles. The van der Waals surface area contributed by atoms with E-state index in [9.17, 15) is 4.21 Å². The Morgan fingerprint density at radius 2 is 2.00 bits per heavy atom. The van der Waals surface area contributed by atoms with Gasteiger partial charge in [0.15, 0.2) is 11.0 Å². The van der Waals surface area contributed by atoms with E-state index >= 15 is 0 Å². The van der Waals surface area contributed by atoms with Crippen LogP contribution < -0.4 is 0 Å². The molecule has 0 heterocycles. The Morgan fingerprint density at radius 1 is 1.30 bits per heavy atom. The molecule has 20 heavy (non-hydrogen) atoms. The first-order chi connectivity index (χ1) is 9.48. The van der Waals surface area contributed by atoms with Crippen LogP contribution in [0.4, 0.5) is 0 Å². The lowest BCUT2D eigenvalue weighted by atomic mass is 9.49. The largest absolute Gasteiger partial charge is 0.229 e. The molecular weight excluding hydrogens is 266 g/mol. The fourth-order valence-corrected chi connectivity index (χ4v) is 4.08. The van der Waals surface area contributed by atoms with Gasteiger partial charge in [-0.15, -0.1) is 0 Å². The Labute approximate surface area is 123 Å². The second-order valence-electron chi connectivity index (χ2n) is 6.54. The zero-order valence-corrected chi connectivity index (χ0v) is 13.1. The second-order valence-corrected chi connectivity index (χ2v) is 7.72. The minimum Gasteiger partial charge on any atom is -0.229 e. The predicted octanol–water partition coefficient (Wildman–Crippen LogP) is 4.08. The molecule has 0 N–H and O–H groups in total. The van der Waals surface area contributed by atoms with Crippen molar-refractivity contribution in [2.24, 2.45) is 21.6 Å². The average Bonchev–Trinajstić information content (AvgIpc) is 2.45. The maximum atomic E-state index is 12.2. The summed E-state index contributed by atoms with van der Waals surface area (Å²) in [5, 5.41) is 0. The van der Waals surface area contributed by atoms with Crippen LogP contribution in [0.15, 0.2) is 45.2 Å². The molecule has 3 aliphatic rings. The topological polar surface area (TPSA) is 29.4 Å². The predicted molar refractivity (Wildman–Crippen MR) is 84.2 cm³/mol. The molecule has 0 amide bonds. The van der Waals surface area contributed by atoms with E-state index in [1.807, 2.05) is 37.4 Å². The summed E-state index contributed by atoms with van der Waals surface area (Å²) >= 11 is 0. The first-order valence-electron chi connectivity index (χ1n) is 7.21. The summed E-state index contributed by atoms with van der Waals surface area (Å²) in [6.45, 7) is 6.70. The van der Waals surface area contributed by atoms with Crippen molar-refractivity contribution in [1.29, 1.82) is 0 Å². The molecule has 3 atom stereocenters. The van der Waals surface area contributed by atoms with Gasteiger partial charge in [-0.3, -0.25) is 0 Å². The highest BCUT2D eigenvalue weighted by molar-refractivity contribution is 7.83. The lowest BCUT2D eigenvalue weighted by Crippen LogP contribution is -2.48. The van der Waals surface area contributed by atoms with Crippen LogP contribution in [-0.2, 0) is 11.0 Å². The number of fused-ring (bicyclic) bond motifs is 1. The van der Waals surface area contributed by atoms with Gasteiger partial charge in [0.05, 0.1) is 4.90 Å². The van der Waals surface area contributed by atoms with Crippen molar-refractivity contribution in [2.45, 2.75) is 38.5 Å². The normalized spacial score (nSPS) is 28.9. The minimum atomic E-state index is -1.29. The van der Waals surface area contributed by atoms with Gasteiger partial charge in [0.1, 0.15) is 0 Å². The first kappa shape index (κ1) is 13.7. The summed E-state index contributed by atoms with van der Waals surface area (Å²) < 4.78 is 16.4. The van der Waals surface area contributed by atoms with Gasteiger partial charge in [-0.05, 0) is 54.7 Å². The van der Waals surface area contributed by atoms with Crippen molar-refractivity contribution in [1.82, 2.24) is 0 Å². The van der Waals surface area contributed by atoms with Crippen molar-refractivity contribution >= 4 is 17.2 Å². The minimum absolute atomic E-state index is 0.390. The Bertz CT molecular complexity index is 598. The molecule has 0 radical (unpaired) electrons. The quantitative estimate of drug-likeness (QED) is 0.770. The van der Waals surface area contributed by atoms with Gasteiger partial charge in [0.25, 0.3) is 0 Å². The molecule has 1 saturated carbocycles. The van der Waals surface area contributed by atoms with Crippen LogP contribution >= 0.6 is 0 Å². The summed E-state index contributed by atoms with van der Waals surface area (Å²) in [7, 11) is -1.29. The average molecular weight is 287 g/mol. The van der Waals surface area contributed by atoms with Crippen molar-refractivity contribution in [3.63, 3.8) is 0 Å². The lowest BCUT2D eigenvalue weighted by molar-refractivity contribution is -0.00122. The molecule has 1 aromatic carbocycles. The molecule has 0 unspecified atom stereocenters. The van der Waals surface area contributed by atoms with E-state index in [0.29, 0.717) is 11.3 Å². The highest BCUT2D eigenvalue weighted by Gasteiger charge is 2.50. The van der Waals surface area contributed by atoms with E-state index in [1.54, 1.807) is 0 Å². The van der Waals surface area contributed by atoms with Gasteiger partial charge in [-0.25, -0.2) is 4.21 Å². The molecule has 106 valence electrons. The molecule has 3 aliphatic carbocycles. The van der Waals surface area contributed by atoms with Crippen LogP contribution in [0.3, 0.4) is 0 Å². The van der Waals surface area contributed by atoms with Gasteiger partial charge in [-0.2, -0.15) is 4.40 Å². The molecule has 1 aromatic rings. The smallest absolute Gasteiger partial charge is 0.172 e. The third kappa shape index (κ3) is 2.28. The van der Waals surface area contributed by atoms with Gasteiger partial charge in [0, 0.05) is 6.21 Å². The number of hydrogen-bond donors (Lipinski definition) is 0. The molecule has 2 bridgehead atoms. The third-order valence-electron chi connectivity index (χ3n) is 5.03. The summed E-state index contributed by atoms with van der Waals surface area (Å²) in [6.07, 6.45) is 6.53. The number of nitrogens with zero attached hydrogens (tertiary/aromatic N) is 1. The number of rotatable bonds is 3. The van der Waals surface area contributed by atoms with Gasteiger partial charge in [-0.1, -0.05) is 37.6 Å². The van der Waals surface area contributed by atoms with Crippen molar-refractivity contribution < 1.29 is 4.21 Å². The van der Waals surface area contributed by atoms with Crippen LogP contribution in [-0.4, -0.2) is 10.4 Å². The number of benzene rings is 1. The first-order valence-corrected chi connectivity index (χ1v) is 8.32. The molecule has 3 heteroatoms. The van der Waals surface area contributed by atoms with Gasteiger partial charge < -0.3 is 0 Å². The number of hydrogen-bond acceptors (Lipinski definition) is 1. The fraction of sp³-hybridized carbons (Fsp3) is 0.471. The molecule has 0 spiro atoms. The Balaban J connectivity index is 1.73. The summed E-state index contributed by atoms with van der Waals surface area (Å²) in [5.41, 5.74) is 2.84. The van der Waals surface area contributed by atoms with Crippen LogP contribution in [0, 0.1) is 24.2 Å². The Kier molecular flexibility index (Phi) is 3.41. The highest BCUT2D eigenvalue weighted by atomic mass is 32.2. The van der Waals surface area contributed by atoms with Crippen molar-refractivity contribution in [3.05, 3.63) is 41.5 Å². The molecule has 1 fully saturated rings. The van der Waals surface area contributed by atoms with E-state index in [2.05, 4.69) is 24.3 Å². The maximum Gasteiger partial charge on any atom is 0.172 e. The fourth-order valence-electron chi connectivity index (χ4n) is 3.37. The van der Waals surface area contributed by atoms with Crippen molar-refractivity contribution in [3.8, 4) is 0 Å². The van der Waals surface area contributed by atoms with Gasteiger partial charge >= 0.3 is 0 Å². The molecule has 0 aliphatic heterocycles. The summed E-state index contributed by atoms with van der Waals surface area (Å²) in [4.78, 5) is 0.772. The highest BCUT2D eigenvalue weighted by Crippen LogP contribution is 2.58. The monoisotopic (exact) mass is 287 g/mol. The van der Waals surface area contributed by atoms with Crippen molar-refractivity contribution in [2.75, 3.05) is 0 Å². The Hall–Kier alpha value is -1.22. The van der Waals surface area contributed by atoms with Gasteiger partial charge in [0.2, 0.25) is 0 Å². The van der Waals surface area contributed by atoms with Crippen LogP contribution in [0.1, 0.15) is 32.3 Å². The van der Waals surface area contributed by atoms with E-state index in [-0.39, 0.29) is 0 Å². The second kappa shape index (κ2) is 4.96. The van der Waals surface area contributed by atoms with E-state index in [1.165, 1.54) is 17.6 Å². The molecule has 2 nitrogen and oxygen atoms in total. The number of allylic oxidation sites excluding steroid dienone is 2. The lowest BCUT2D eigenvalue weighted by Gasteiger charge is -2.55. The Morgan fingerprint density at radius 3 is 2.60 bits per heavy atom. The van der Waals surface area contributed by atoms with Crippen LogP contribution in [0.5, 0.6) is 0 Å². The van der Waals surface area contributed by atoms with Crippen LogP contribution in [0.25, 0.3) is 0 Å². The third-order valence-corrected chi connectivity index (χ3v) is 6.00. The SMILES string of the molecule is Cc1ccc([S@](=O)/N=C/C2=CC[C@H]3C[C@@H]2C3(C)C)cc1. The maximum absolute atomic E-state index is 12.2. The zero-order valence-electron chi connectivity index (χ0n) is 12.3. The van der Waals surface area contributed by atoms with E-state index < -0.39 is 11.0 Å². The summed E-state index contributed by atoms with van der Waals surface area (Å²) in [5.74, 6) is 1.42. The van der Waals surface area contributed by atoms with E-state index in [0.717, 1.165) is 17.2 Å².